The van der Waals surface area contributed by atoms with Gasteiger partial charge in [0.1, 0.15) is 0 Å². The summed E-state index contributed by atoms with van der Waals surface area (Å²) in [6.07, 6.45) is 0. The first kappa shape index (κ1) is 14.6. The van der Waals surface area contributed by atoms with Gasteiger partial charge in [-0.1, -0.05) is 20.8 Å². The minimum Gasteiger partial charge on any atom is -0.285 e. The lowest BCUT2D eigenvalue weighted by atomic mass is 9.75. The highest BCUT2D eigenvalue weighted by Crippen LogP contribution is 2.56. The molecular weight excluding hydrogens is 284 g/mol. The molecule has 118 valence electrons. The summed E-state index contributed by atoms with van der Waals surface area (Å²) in [4.78, 5) is 25.3. The van der Waals surface area contributed by atoms with Gasteiger partial charge in [0.15, 0.2) is 0 Å². The molecule has 0 aliphatic heterocycles. The monoisotopic (exact) mass is 306 g/mol. The topological polar surface area (TPSA) is 34.1 Å². The summed E-state index contributed by atoms with van der Waals surface area (Å²) in [5.74, 6) is -0.252. The maximum absolute atomic E-state index is 12.7. The van der Waals surface area contributed by atoms with Crippen LogP contribution in [0.3, 0.4) is 0 Å². The van der Waals surface area contributed by atoms with Crippen LogP contribution < -0.4 is 0 Å². The van der Waals surface area contributed by atoms with Gasteiger partial charge in [-0.2, -0.15) is 0 Å². The molecule has 0 spiro atoms. The zero-order valence-electron chi connectivity index (χ0n) is 14.9. The van der Waals surface area contributed by atoms with Crippen LogP contribution in [0.1, 0.15) is 80.8 Å². The van der Waals surface area contributed by atoms with E-state index in [1.807, 2.05) is 13.8 Å². The van der Waals surface area contributed by atoms with Crippen molar-refractivity contribution < 1.29 is 9.59 Å². The second-order valence-corrected chi connectivity index (χ2v) is 7.89. The SMILES string of the molecule is Cc1c(C)c2c3c(c(C)c(C)c4c3c1C(=O)C4=O)C(C)(C)C2C. The summed E-state index contributed by atoms with van der Waals surface area (Å²) < 4.78 is 0. The Balaban J connectivity index is 2.42. The van der Waals surface area contributed by atoms with E-state index in [0.717, 1.165) is 16.5 Å². The number of hydrogen-bond acceptors (Lipinski definition) is 2. The highest BCUT2D eigenvalue weighted by molar-refractivity contribution is 6.58. The van der Waals surface area contributed by atoms with Gasteiger partial charge in [0.05, 0.1) is 0 Å². The van der Waals surface area contributed by atoms with Gasteiger partial charge in [-0.05, 0) is 77.8 Å². The molecule has 0 saturated heterocycles. The Labute approximate surface area is 136 Å². The van der Waals surface area contributed by atoms with E-state index in [2.05, 4.69) is 34.6 Å². The number of Topliss-reactive ketones (excluding diaryl/α,β-unsaturated/α-hetero) is 2. The molecule has 1 unspecified atom stereocenters. The molecule has 2 aromatic carbocycles. The third-order valence-electron chi connectivity index (χ3n) is 6.74. The number of ketones is 2. The Bertz CT molecular complexity index is 954. The smallest absolute Gasteiger partial charge is 0.234 e. The van der Waals surface area contributed by atoms with E-state index in [1.54, 1.807) is 0 Å². The zero-order valence-corrected chi connectivity index (χ0v) is 14.9. The molecule has 2 aromatic rings. The standard InChI is InChI=1S/C21H22O2/c1-8-9(2)14-16-15(20(23)19(14)22)10(3)11(4)18-17(16)13(8)12(5)21(18,6)7/h12H,1-7H3. The molecule has 0 aromatic heterocycles. The van der Waals surface area contributed by atoms with Crippen molar-refractivity contribution in [3.8, 4) is 0 Å². The fourth-order valence-electron chi connectivity index (χ4n) is 5.00. The van der Waals surface area contributed by atoms with Gasteiger partial charge in [0.2, 0.25) is 11.6 Å². The van der Waals surface area contributed by atoms with Crippen LogP contribution in [-0.2, 0) is 5.41 Å². The average molecular weight is 306 g/mol. The van der Waals surface area contributed by atoms with Gasteiger partial charge in [-0.15, -0.1) is 0 Å². The summed E-state index contributed by atoms with van der Waals surface area (Å²) >= 11 is 0. The Morgan fingerprint density at radius 2 is 1.22 bits per heavy atom. The molecule has 0 saturated carbocycles. The molecule has 0 heterocycles. The highest BCUT2D eigenvalue weighted by Gasteiger charge is 2.46. The predicted octanol–water partition coefficient (Wildman–Crippen LogP) is 4.85. The molecule has 0 fully saturated rings. The van der Waals surface area contributed by atoms with Crippen molar-refractivity contribution in [3.63, 3.8) is 0 Å². The normalized spacial score (nSPS) is 20.9. The number of carbonyl (C=O) groups excluding carboxylic acids is 2. The van der Waals surface area contributed by atoms with Crippen LogP contribution in [0.2, 0.25) is 0 Å². The fraction of sp³-hybridized carbons (Fsp3) is 0.429. The van der Waals surface area contributed by atoms with Gasteiger partial charge in [0, 0.05) is 16.5 Å². The Hall–Kier alpha value is -1.96. The third-order valence-corrected chi connectivity index (χ3v) is 6.74. The van der Waals surface area contributed by atoms with E-state index in [1.165, 1.54) is 27.6 Å². The molecule has 4 rings (SSSR count). The van der Waals surface area contributed by atoms with Crippen LogP contribution in [0.15, 0.2) is 0 Å². The van der Waals surface area contributed by atoms with Crippen molar-refractivity contribution in [2.75, 3.05) is 0 Å². The number of benzene rings is 2. The van der Waals surface area contributed by atoms with Crippen molar-refractivity contribution in [2.45, 2.75) is 59.8 Å². The molecule has 0 bridgehead atoms. The minimum atomic E-state index is -0.316. The van der Waals surface area contributed by atoms with Crippen molar-refractivity contribution >= 4 is 22.3 Å². The second-order valence-electron chi connectivity index (χ2n) is 7.89. The molecule has 1 atom stereocenters. The van der Waals surface area contributed by atoms with Gasteiger partial charge in [0.25, 0.3) is 0 Å². The highest BCUT2D eigenvalue weighted by atomic mass is 16.2. The minimum absolute atomic E-state index is 0.0141. The first-order valence-corrected chi connectivity index (χ1v) is 8.31. The molecular formula is C21H22O2. The van der Waals surface area contributed by atoms with Crippen molar-refractivity contribution in [1.82, 2.24) is 0 Å². The van der Waals surface area contributed by atoms with Crippen LogP contribution in [0.5, 0.6) is 0 Å². The maximum Gasteiger partial charge on any atom is 0.234 e. The van der Waals surface area contributed by atoms with Crippen molar-refractivity contribution in [2.24, 2.45) is 0 Å². The lowest BCUT2D eigenvalue weighted by molar-refractivity contribution is 0.0824. The van der Waals surface area contributed by atoms with Crippen LogP contribution >= 0.6 is 0 Å². The Kier molecular flexibility index (Phi) is 2.49. The second kappa shape index (κ2) is 3.92. The van der Waals surface area contributed by atoms with Crippen LogP contribution in [0, 0.1) is 27.7 Å². The molecule has 2 nitrogen and oxygen atoms in total. The van der Waals surface area contributed by atoms with E-state index in [4.69, 9.17) is 0 Å². The number of hydrogen-bond donors (Lipinski definition) is 0. The quantitative estimate of drug-likeness (QED) is 0.652. The molecule has 0 N–H and O–H groups in total. The van der Waals surface area contributed by atoms with Gasteiger partial charge < -0.3 is 0 Å². The number of carbonyl (C=O) groups is 2. The van der Waals surface area contributed by atoms with E-state index < -0.39 is 0 Å². The third kappa shape index (κ3) is 1.33. The van der Waals surface area contributed by atoms with E-state index in [0.29, 0.717) is 17.0 Å². The van der Waals surface area contributed by atoms with Crippen LogP contribution in [0.4, 0.5) is 0 Å². The molecule has 2 heteroatoms. The Morgan fingerprint density at radius 1 is 0.739 bits per heavy atom. The first-order valence-electron chi connectivity index (χ1n) is 8.31. The molecule has 23 heavy (non-hydrogen) atoms. The average Bonchev–Trinajstić information content (AvgIpc) is 2.85. The van der Waals surface area contributed by atoms with Crippen LogP contribution in [-0.4, -0.2) is 11.6 Å². The maximum atomic E-state index is 12.7. The summed E-state index contributed by atoms with van der Waals surface area (Å²) in [6.45, 7) is 15.0. The first-order chi connectivity index (χ1) is 10.6. The van der Waals surface area contributed by atoms with Gasteiger partial charge in [-0.3, -0.25) is 9.59 Å². The summed E-state index contributed by atoms with van der Waals surface area (Å²) in [7, 11) is 0. The van der Waals surface area contributed by atoms with Crippen LogP contribution in [0.25, 0.3) is 10.8 Å². The van der Waals surface area contributed by atoms with E-state index in [9.17, 15) is 9.59 Å². The van der Waals surface area contributed by atoms with Gasteiger partial charge >= 0.3 is 0 Å². The van der Waals surface area contributed by atoms with Crippen molar-refractivity contribution in [3.05, 3.63) is 44.5 Å². The zero-order chi connectivity index (χ0) is 17.0. The molecule has 2 aliphatic rings. The fourth-order valence-corrected chi connectivity index (χ4v) is 5.00. The Morgan fingerprint density at radius 3 is 1.74 bits per heavy atom. The molecule has 0 amide bonds. The summed E-state index contributed by atoms with van der Waals surface area (Å²) in [5, 5.41) is 2.13. The largest absolute Gasteiger partial charge is 0.285 e. The molecule has 2 aliphatic carbocycles. The predicted molar refractivity (Wildman–Crippen MR) is 93.0 cm³/mol. The van der Waals surface area contributed by atoms with Crippen molar-refractivity contribution in [1.29, 1.82) is 0 Å². The summed E-state index contributed by atoms with van der Waals surface area (Å²) in [5.41, 5.74) is 8.36. The summed E-state index contributed by atoms with van der Waals surface area (Å²) in [6, 6.07) is 0. The van der Waals surface area contributed by atoms with Gasteiger partial charge in [-0.25, -0.2) is 0 Å². The number of rotatable bonds is 0. The molecule has 0 radical (unpaired) electrons. The lowest BCUT2D eigenvalue weighted by Crippen LogP contribution is -2.22. The van der Waals surface area contributed by atoms with E-state index in [-0.39, 0.29) is 17.0 Å². The lowest BCUT2D eigenvalue weighted by Gasteiger charge is -2.28. The van der Waals surface area contributed by atoms with E-state index >= 15 is 0 Å².